The molecular formula is C16H24N2O3. The maximum Gasteiger partial charge on any atom is 0.245 e. The zero-order valence-electron chi connectivity index (χ0n) is 13.0. The van der Waals surface area contributed by atoms with Gasteiger partial charge in [-0.2, -0.15) is 0 Å². The summed E-state index contributed by atoms with van der Waals surface area (Å²) in [6.45, 7) is 1.79. The molecule has 0 aromatic heterocycles. The molecule has 1 atom stereocenters. The molecular weight excluding hydrogens is 268 g/mol. The molecule has 5 nitrogen and oxygen atoms in total. The lowest BCUT2D eigenvalue weighted by molar-refractivity contribution is -0.139. The highest BCUT2D eigenvalue weighted by Gasteiger charge is 2.42. The fourth-order valence-electron chi connectivity index (χ4n) is 2.95. The average molecular weight is 292 g/mol. The van der Waals surface area contributed by atoms with Crippen LogP contribution in [0.3, 0.4) is 0 Å². The van der Waals surface area contributed by atoms with Gasteiger partial charge in [-0.15, -0.1) is 0 Å². The Kier molecular flexibility index (Phi) is 5.20. The molecule has 0 aliphatic carbocycles. The van der Waals surface area contributed by atoms with Crippen molar-refractivity contribution >= 4 is 5.91 Å². The van der Waals surface area contributed by atoms with E-state index in [4.69, 9.17) is 9.47 Å². The van der Waals surface area contributed by atoms with Gasteiger partial charge in [0.1, 0.15) is 11.3 Å². The van der Waals surface area contributed by atoms with Crippen molar-refractivity contribution in [3.05, 3.63) is 29.8 Å². The second-order valence-corrected chi connectivity index (χ2v) is 5.52. The topological polar surface area (TPSA) is 50.8 Å². The number of hydrogen-bond donors (Lipinski definition) is 1. The van der Waals surface area contributed by atoms with Crippen LogP contribution in [-0.4, -0.2) is 50.8 Å². The van der Waals surface area contributed by atoms with Gasteiger partial charge in [0.25, 0.3) is 0 Å². The predicted octanol–water partition coefficient (Wildman–Crippen LogP) is 1.42. The van der Waals surface area contributed by atoms with E-state index in [-0.39, 0.29) is 5.91 Å². The molecule has 1 aliphatic heterocycles. The summed E-state index contributed by atoms with van der Waals surface area (Å²) in [7, 11) is 5.10. The van der Waals surface area contributed by atoms with Crippen LogP contribution in [0.2, 0.25) is 0 Å². The number of para-hydroxylation sites is 1. The number of nitrogens with zero attached hydrogens (tertiary/aromatic N) is 1. The van der Waals surface area contributed by atoms with Crippen LogP contribution >= 0.6 is 0 Å². The van der Waals surface area contributed by atoms with Crippen LogP contribution in [0.15, 0.2) is 24.3 Å². The van der Waals surface area contributed by atoms with Crippen molar-refractivity contribution in [3.63, 3.8) is 0 Å². The van der Waals surface area contributed by atoms with E-state index in [1.807, 2.05) is 31.3 Å². The summed E-state index contributed by atoms with van der Waals surface area (Å²) in [5.74, 6) is 0.880. The van der Waals surface area contributed by atoms with E-state index in [0.29, 0.717) is 13.2 Å². The molecule has 0 radical (unpaired) electrons. The first kappa shape index (κ1) is 15.8. The van der Waals surface area contributed by atoms with Crippen molar-refractivity contribution in [1.82, 2.24) is 10.2 Å². The van der Waals surface area contributed by atoms with E-state index in [9.17, 15) is 4.79 Å². The van der Waals surface area contributed by atoms with Gasteiger partial charge < -0.3 is 19.7 Å². The summed E-state index contributed by atoms with van der Waals surface area (Å²) in [6, 6.07) is 7.77. The monoisotopic (exact) mass is 292 g/mol. The van der Waals surface area contributed by atoms with Crippen LogP contribution in [-0.2, 0) is 16.1 Å². The van der Waals surface area contributed by atoms with Crippen LogP contribution in [0.5, 0.6) is 5.75 Å². The van der Waals surface area contributed by atoms with Crippen molar-refractivity contribution in [2.75, 3.05) is 34.4 Å². The summed E-state index contributed by atoms with van der Waals surface area (Å²) in [5, 5.41) is 3.32. The Morgan fingerprint density at radius 3 is 2.76 bits per heavy atom. The third-order valence-electron chi connectivity index (χ3n) is 3.99. The molecule has 1 aromatic carbocycles. The molecule has 1 aromatic rings. The Labute approximate surface area is 126 Å². The van der Waals surface area contributed by atoms with Crippen molar-refractivity contribution in [3.8, 4) is 5.75 Å². The van der Waals surface area contributed by atoms with Gasteiger partial charge in [0.2, 0.25) is 5.91 Å². The first-order valence-corrected chi connectivity index (χ1v) is 7.24. The van der Waals surface area contributed by atoms with E-state index >= 15 is 0 Å². The van der Waals surface area contributed by atoms with Gasteiger partial charge in [-0.05, 0) is 25.5 Å². The number of methoxy groups -OCH3 is 2. The second kappa shape index (κ2) is 6.91. The van der Waals surface area contributed by atoms with E-state index in [2.05, 4.69) is 5.32 Å². The molecule has 1 saturated heterocycles. The van der Waals surface area contributed by atoms with Crippen molar-refractivity contribution < 1.29 is 14.3 Å². The van der Waals surface area contributed by atoms with Crippen LogP contribution in [0.25, 0.3) is 0 Å². The molecule has 1 N–H and O–H groups in total. The normalized spacial score (nSPS) is 21.3. The third-order valence-corrected chi connectivity index (χ3v) is 3.99. The van der Waals surface area contributed by atoms with Crippen molar-refractivity contribution in [1.29, 1.82) is 0 Å². The van der Waals surface area contributed by atoms with E-state index in [1.165, 1.54) is 0 Å². The molecule has 1 unspecified atom stereocenters. The Morgan fingerprint density at radius 1 is 1.38 bits per heavy atom. The maximum absolute atomic E-state index is 12.8. The number of carbonyl (C=O) groups is 1. The lowest BCUT2D eigenvalue weighted by Crippen LogP contribution is -2.56. The minimum absolute atomic E-state index is 0.0766. The lowest BCUT2D eigenvalue weighted by atomic mass is 9.96. The number of ether oxygens (including phenoxy) is 2. The van der Waals surface area contributed by atoms with Gasteiger partial charge in [0.15, 0.2) is 0 Å². The third kappa shape index (κ3) is 3.36. The smallest absolute Gasteiger partial charge is 0.245 e. The van der Waals surface area contributed by atoms with Gasteiger partial charge in [-0.1, -0.05) is 18.2 Å². The fourth-order valence-corrected chi connectivity index (χ4v) is 2.95. The Hall–Kier alpha value is -1.59. The van der Waals surface area contributed by atoms with E-state index in [0.717, 1.165) is 30.7 Å². The number of benzene rings is 1. The molecule has 0 bridgehead atoms. The highest BCUT2D eigenvalue weighted by molar-refractivity contribution is 5.86. The number of likely N-dealkylation sites (N-methyl/N-ethyl adjacent to an activating group) is 1. The number of amides is 1. The van der Waals surface area contributed by atoms with Gasteiger partial charge in [0, 0.05) is 26.3 Å². The molecule has 0 saturated carbocycles. The Morgan fingerprint density at radius 2 is 2.14 bits per heavy atom. The summed E-state index contributed by atoms with van der Waals surface area (Å²) in [4.78, 5) is 14.5. The van der Waals surface area contributed by atoms with Gasteiger partial charge in [-0.3, -0.25) is 4.79 Å². The standard InChI is InChI=1S/C16H24N2O3/c1-18(11-13-7-4-5-8-14(13)21-3)15(19)16(12-20-2)9-6-10-17-16/h4-5,7-8,17H,6,9-12H2,1-3H3. The minimum atomic E-state index is -0.578. The SMILES string of the molecule is COCC1(C(=O)N(C)Cc2ccccc2OC)CCCN1. The lowest BCUT2D eigenvalue weighted by Gasteiger charge is -2.32. The number of rotatable bonds is 6. The first-order chi connectivity index (χ1) is 10.1. The average Bonchev–Trinajstić information content (AvgIpc) is 2.97. The predicted molar refractivity (Wildman–Crippen MR) is 81.3 cm³/mol. The molecule has 21 heavy (non-hydrogen) atoms. The number of nitrogens with one attached hydrogen (secondary N) is 1. The summed E-state index contributed by atoms with van der Waals surface area (Å²) >= 11 is 0. The van der Waals surface area contributed by atoms with Gasteiger partial charge in [-0.25, -0.2) is 0 Å². The minimum Gasteiger partial charge on any atom is -0.496 e. The zero-order chi connectivity index (χ0) is 15.3. The maximum atomic E-state index is 12.8. The molecule has 1 amide bonds. The molecule has 2 rings (SSSR count). The molecule has 1 fully saturated rings. The zero-order valence-corrected chi connectivity index (χ0v) is 13.0. The second-order valence-electron chi connectivity index (χ2n) is 5.52. The van der Waals surface area contributed by atoms with Crippen molar-refractivity contribution in [2.45, 2.75) is 24.9 Å². The van der Waals surface area contributed by atoms with Gasteiger partial charge in [0.05, 0.1) is 13.7 Å². The largest absolute Gasteiger partial charge is 0.496 e. The van der Waals surface area contributed by atoms with Crippen molar-refractivity contribution in [2.24, 2.45) is 0 Å². The summed E-state index contributed by atoms with van der Waals surface area (Å²) in [5.41, 5.74) is 0.423. The number of hydrogen-bond acceptors (Lipinski definition) is 4. The van der Waals surface area contributed by atoms with Gasteiger partial charge >= 0.3 is 0 Å². The highest BCUT2D eigenvalue weighted by Crippen LogP contribution is 2.24. The molecule has 116 valence electrons. The quantitative estimate of drug-likeness (QED) is 0.861. The van der Waals surface area contributed by atoms with Crippen LogP contribution in [0, 0.1) is 0 Å². The summed E-state index contributed by atoms with van der Waals surface area (Å²) < 4.78 is 10.6. The summed E-state index contributed by atoms with van der Waals surface area (Å²) in [6.07, 6.45) is 1.81. The fraction of sp³-hybridized carbons (Fsp3) is 0.562. The molecule has 1 aliphatic rings. The van der Waals surface area contributed by atoms with Crippen LogP contribution < -0.4 is 10.1 Å². The Balaban J connectivity index is 2.11. The van der Waals surface area contributed by atoms with E-state index in [1.54, 1.807) is 19.1 Å². The Bertz CT molecular complexity index is 484. The molecule has 5 heteroatoms. The van der Waals surface area contributed by atoms with E-state index < -0.39 is 5.54 Å². The van der Waals surface area contributed by atoms with Crippen LogP contribution in [0.1, 0.15) is 18.4 Å². The molecule has 0 spiro atoms. The van der Waals surface area contributed by atoms with Crippen LogP contribution in [0.4, 0.5) is 0 Å². The molecule has 1 heterocycles. The first-order valence-electron chi connectivity index (χ1n) is 7.24. The highest BCUT2D eigenvalue weighted by atomic mass is 16.5. The number of carbonyl (C=O) groups excluding carboxylic acids is 1.